The van der Waals surface area contributed by atoms with Gasteiger partial charge in [0.25, 0.3) is 5.91 Å². The maximum Gasteiger partial charge on any atom is 0.277 e. The number of hydrogen-bond acceptors (Lipinski definition) is 5. The summed E-state index contributed by atoms with van der Waals surface area (Å²) in [5.74, 6) is 0.901. The van der Waals surface area contributed by atoms with Crippen molar-refractivity contribution >= 4 is 55.2 Å². The first-order chi connectivity index (χ1) is 14.6. The molecule has 2 aromatic carbocycles. The molecule has 164 valence electrons. The molecule has 0 radical (unpaired) electrons. The quantitative estimate of drug-likeness (QED) is 0.387. The summed E-state index contributed by atoms with van der Waals surface area (Å²) in [7, 11) is 3.69. The minimum atomic E-state index is -0.361. The lowest BCUT2D eigenvalue weighted by Crippen LogP contribution is -2.42. The molecule has 0 fully saturated rings. The Balaban J connectivity index is 1.71. The zero-order chi connectivity index (χ0) is 22.8. The van der Waals surface area contributed by atoms with E-state index in [0.717, 1.165) is 25.8 Å². The Bertz CT molecular complexity index is 1060. The summed E-state index contributed by atoms with van der Waals surface area (Å²) >= 11 is 6.78. The number of hydrogen-bond donors (Lipinski definition) is 1. The Morgan fingerprint density at radius 2 is 1.97 bits per heavy atom. The number of methoxy groups -OCH3 is 1. The number of nitrogens with zero attached hydrogens (tertiary/aromatic N) is 2. The smallest absolute Gasteiger partial charge is 0.277 e. The first kappa shape index (κ1) is 23.3. The van der Waals surface area contributed by atoms with E-state index in [2.05, 4.69) is 81.2 Å². The maximum atomic E-state index is 12.1. The van der Waals surface area contributed by atoms with Crippen molar-refractivity contribution in [3.63, 3.8) is 0 Å². The maximum absolute atomic E-state index is 12.1. The second-order valence-electron chi connectivity index (χ2n) is 7.81. The van der Waals surface area contributed by atoms with Crippen LogP contribution in [0.25, 0.3) is 5.57 Å². The van der Waals surface area contributed by atoms with Crippen LogP contribution in [0.5, 0.6) is 11.5 Å². The van der Waals surface area contributed by atoms with Crippen LogP contribution >= 0.6 is 31.9 Å². The Morgan fingerprint density at radius 1 is 1.23 bits per heavy atom. The Morgan fingerprint density at radius 3 is 2.65 bits per heavy atom. The normalized spacial score (nSPS) is 14.8. The van der Waals surface area contributed by atoms with Gasteiger partial charge < -0.3 is 14.4 Å². The molecule has 3 rings (SSSR count). The van der Waals surface area contributed by atoms with Gasteiger partial charge in [0.2, 0.25) is 0 Å². The summed E-state index contributed by atoms with van der Waals surface area (Å²) in [6.45, 7) is 6.29. The van der Waals surface area contributed by atoms with Crippen LogP contribution in [0.3, 0.4) is 0 Å². The van der Waals surface area contributed by atoms with Gasteiger partial charge >= 0.3 is 0 Å². The second kappa shape index (κ2) is 9.44. The lowest BCUT2D eigenvalue weighted by atomic mass is 9.88. The summed E-state index contributed by atoms with van der Waals surface area (Å²) in [6, 6.07) is 9.49. The SMILES string of the molecule is COc1cc2c(cc1/C=N/NC(=O)COc1ccc(Br)cc1Br)C(C)=CC(C)(C)N2C. The van der Waals surface area contributed by atoms with E-state index in [4.69, 9.17) is 9.47 Å². The monoisotopic (exact) mass is 549 g/mol. The number of likely N-dealkylation sites (N-methyl/N-ethyl adjacent to an activating group) is 1. The highest BCUT2D eigenvalue weighted by Gasteiger charge is 2.29. The van der Waals surface area contributed by atoms with Gasteiger partial charge in [-0.05, 0) is 66.5 Å². The molecule has 1 heterocycles. The van der Waals surface area contributed by atoms with E-state index in [9.17, 15) is 4.79 Å². The van der Waals surface area contributed by atoms with Gasteiger partial charge in [-0.15, -0.1) is 0 Å². The molecule has 0 spiro atoms. The molecule has 1 amide bonds. The minimum absolute atomic E-state index is 0.0878. The number of nitrogens with one attached hydrogen (secondary N) is 1. The van der Waals surface area contributed by atoms with E-state index in [0.29, 0.717) is 11.5 Å². The van der Waals surface area contributed by atoms with Crippen LogP contribution in [-0.4, -0.2) is 38.4 Å². The fourth-order valence-corrected chi connectivity index (χ4v) is 4.57. The molecule has 0 bridgehead atoms. The van der Waals surface area contributed by atoms with Crippen LogP contribution in [0.15, 0.2) is 50.5 Å². The lowest BCUT2D eigenvalue weighted by Gasteiger charge is -2.40. The van der Waals surface area contributed by atoms with Crippen LogP contribution in [0.4, 0.5) is 5.69 Å². The zero-order valence-corrected chi connectivity index (χ0v) is 21.3. The van der Waals surface area contributed by atoms with Crippen molar-refractivity contribution in [2.75, 3.05) is 25.7 Å². The fraction of sp³-hybridized carbons (Fsp3) is 0.304. The minimum Gasteiger partial charge on any atom is -0.496 e. The molecule has 0 atom stereocenters. The number of anilines is 1. The molecule has 0 aliphatic carbocycles. The first-order valence-corrected chi connectivity index (χ1v) is 11.3. The Labute approximate surface area is 199 Å². The molecule has 8 heteroatoms. The highest BCUT2D eigenvalue weighted by molar-refractivity contribution is 9.11. The highest BCUT2D eigenvalue weighted by atomic mass is 79.9. The molecular weight excluding hydrogens is 526 g/mol. The van der Waals surface area contributed by atoms with Crippen LogP contribution in [0.2, 0.25) is 0 Å². The Hall–Kier alpha value is -2.32. The van der Waals surface area contributed by atoms with E-state index in [1.165, 1.54) is 5.57 Å². The first-order valence-electron chi connectivity index (χ1n) is 9.68. The van der Waals surface area contributed by atoms with Gasteiger partial charge in [-0.3, -0.25) is 4.79 Å². The van der Waals surface area contributed by atoms with Gasteiger partial charge in [-0.2, -0.15) is 5.10 Å². The van der Waals surface area contributed by atoms with Gasteiger partial charge in [0.05, 0.1) is 23.3 Å². The predicted molar refractivity (Wildman–Crippen MR) is 132 cm³/mol. The Kier molecular flexibility index (Phi) is 7.11. The van der Waals surface area contributed by atoms with Crippen LogP contribution in [0, 0.1) is 0 Å². The van der Waals surface area contributed by atoms with Crippen LogP contribution < -0.4 is 19.8 Å². The molecule has 0 saturated heterocycles. The third kappa shape index (κ3) is 5.30. The average Bonchev–Trinajstić information content (AvgIpc) is 2.71. The van der Waals surface area contributed by atoms with Crippen molar-refractivity contribution < 1.29 is 14.3 Å². The largest absolute Gasteiger partial charge is 0.496 e. The zero-order valence-electron chi connectivity index (χ0n) is 18.1. The van der Waals surface area contributed by atoms with Crippen LogP contribution in [0.1, 0.15) is 31.9 Å². The van der Waals surface area contributed by atoms with Crippen molar-refractivity contribution in [2.45, 2.75) is 26.3 Å². The lowest BCUT2D eigenvalue weighted by molar-refractivity contribution is -0.123. The molecule has 6 nitrogen and oxygen atoms in total. The number of carbonyl (C=O) groups is 1. The molecular formula is C23H25Br2N3O3. The predicted octanol–water partition coefficient (Wildman–Crippen LogP) is 5.38. The standard InChI is InChI=1S/C23H25Br2N3O3/c1-14-11-23(2,3)28(4)19-10-21(30-5)15(8-17(14)19)12-26-27-22(29)13-31-20-7-6-16(24)9-18(20)25/h6-12H,13H2,1-5H3,(H,27,29)/b26-12+. The van der Waals surface area contributed by atoms with Gasteiger partial charge in [0.15, 0.2) is 6.61 Å². The van der Waals surface area contributed by atoms with Gasteiger partial charge in [-0.1, -0.05) is 22.0 Å². The number of benzene rings is 2. The third-order valence-corrected chi connectivity index (χ3v) is 6.33. The van der Waals surface area contributed by atoms with E-state index in [1.54, 1.807) is 19.4 Å². The van der Waals surface area contributed by atoms with Crippen molar-refractivity contribution in [1.29, 1.82) is 0 Å². The number of ether oxygens (including phenoxy) is 2. The number of halogens is 2. The molecule has 0 aromatic heterocycles. The number of hydrazone groups is 1. The topological polar surface area (TPSA) is 63.2 Å². The second-order valence-corrected chi connectivity index (χ2v) is 9.58. The van der Waals surface area contributed by atoms with E-state index < -0.39 is 0 Å². The molecule has 2 aromatic rings. The van der Waals surface area contributed by atoms with E-state index >= 15 is 0 Å². The fourth-order valence-electron chi connectivity index (χ4n) is 3.41. The van der Waals surface area contributed by atoms with Crippen LogP contribution in [-0.2, 0) is 4.79 Å². The van der Waals surface area contributed by atoms with Crippen molar-refractivity contribution in [3.05, 3.63) is 56.5 Å². The average molecular weight is 551 g/mol. The van der Waals surface area contributed by atoms with E-state index in [-0.39, 0.29) is 18.1 Å². The molecule has 1 aliphatic heterocycles. The summed E-state index contributed by atoms with van der Waals surface area (Å²) in [4.78, 5) is 14.3. The molecule has 1 N–H and O–H groups in total. The number of carbonyl (C=O) groups excluding carboxylic acids is 1. The van der Waals surface area contributed by atoms with Gasteiger partial charge in [0.1, 0.15) is 11.5 Å². The number of allylic oxidation sites excluding steroid dienone is 1. The van der Waals surface area contributed by atoms with Crippen molar-refractivity contribution in [2.24, 2.45) is 5.10 Å². The number of rotatable bonds is 6. The third-order valence-electron chi connectivity index (χ3n) is 5.21. The highest BCUT2D eigenvalue weighted by Crippen LogP contribution is 2.40. The number of amides is 1. The summed E-state index contributed by atoms with van der Waals surface area (Å²) < 4.78 is 12.8. The summed E-state index contributed by atoms with van der Waals surface area (Å²) in [6.07, 6.45) is 3.82. The molecule has 31 heavy (non-hydrogen) atoms. The summed E-state index contributed by atoms with van der Waals surface area (Å²) in [5, 5.41) is 4.08. The van der Waals surface area contributed by atoms with E-state index in [1.807, 2.05) is 24.3 Å². The molecule has 0 saturated carbocycles. The van der Waals surface area contributed by atoms with Crippen molar-refractivity contribution in [3.8, 4) is 11.5 Å². The van der Waals surface area contributed by atoms with Gasteiger partial charge in [-0.25, -0.2) is 5.43 Å². The van der Waals surface area contributed by atoms with Crippen molar-refractivity contribution in [1.82, 2.24) is 5.43 Å². The molecule has 0 unspecified atom stereocenters. The summed E-state index contributed by atoms with van der Waals surface area (Å²) in [5.41, 5.74) is 6.58. The number of fused-ring (bicyclic) bond motifs is 1. The van der Waals surface area contributed by atoms with Gasteiger partial charge in [0, 0.05) is 34.4 Å². The molecule has 1 aliphatic rings.